The highest BCUT2D eigenvalue weighted by molar-refractivity contribution is 9.09. The zero-order valence-electron chi connectivity index (χ0n) is 8.78. The molecule has 2 rings (SSSR count). The van der Waals surface area contributed by atoms with Crippen molar-refractivity contribution in [2.45, 2.75) is 18.2 Å². The van der Waals surface area contributed by atoms with E-state index in [1.807, 2.05) is 25.3 Å². The Labute approximate surface area is 108 Å². The molecule has 2 aromatic rings. The molecular formula is C12H11BrClNO. The Morgan fingerprint density at radius 3 is 2.75 bits per heavy atom. The summed E-state index contributed by atoms with van der Waals surface area (Å²) in [4.78, 5) is 4.45. The highest BCUT2D eigenvalue weighted by Crippen LogP contribution is 2.29. The Bertz CT molecular complexity index is 466. The topological polar surface area (TPSA) is 26.0 Å². The van der Waals surface area contributed by atoms with Crippen LogP contribution >= 0.6 is 27.5 Å². The molecule has 0 aliphatic rings. The number of halogens is 2. The SMILES string of the molecule is Cc1ccc(CC(Br)c2ccc(Cl)o2)nc1. The molecule has 0 radical (unpaired) electrons. The molecule has 1 unspecified atom stereocenters. The van der Waals surface area contributed by atoms with Gasteiger partial charge in [0.15, 0.2) is 5.22 Å². The van der Waals surface area contributed by atoms with E-state index in [9.17, 15) is 0 Å². The van der Waals surface area contributed by atoms with Crippen LogP contribution < -0.4 is 0 Å². The van der Waals surface area contributed by atoms with Gasteiger partial charge in [0.25, 0.3) is 0 Å². The van der Waals surface area contributed by atoms with Crippen molar-refractivity contribution >= 4 is 27.5 Å². The van der Waals surface area contributed by atoms with Gasteiger partial charge in [0.2, 0.25) is 0 Å². The van der Waals surface area contributed by atoms with Crippen molar-refractivity contribution in [3.05, 3.63) is 52.7 Å². The third-order valence-electron chi connectivity index (χ3n) is 2.26. The Kier molecular flexibility index (Phi) is 3.66. The van der Waals surface area contributed by atoms with Gasteiger partial charge in [-0.25, -0.2) is 0 Å². The highest BCUT2D eigenvalue weighted by atomic mass is 79.9. The van der Waals surface area contributed by atoms with Crippen LogP contribution in [0.25, 0.3) is 0 Å². The summed E-state index contributed by atoms with van der Waals surface area (Å²) < 4.78 is 5.33. The van der Waals surface area contributed by atoms with E-state index in [0.29, 0.717) is 5.22 Å². The van der Waals surface area contributed by atoms with Gasteiger partial charge in [-0.1, -0.05) is 22.0 Å². The Morgan fingerprint density at radius 2 is 2.19 bits per heavy atom. The molecular weight excluding hydrogens is 289 g/mol. The third-order valence-corrected chi connectivity index (χ3v) is 3.24. The number of pyridine rings is 1. The fraction of sp³-hybridized carbons (Fsp3) is 0.250. The monoisotopic (exact) mass is 299 g/mol. The molecule has 4 heteroatoms. The lowest BCUT2D eigenvalue weighted by molar-refractivity contribution is 0.508. The summed E-state index contributed by atoms with van der Waals surface area (Å²) in [6, 6.07) is 7.69. The Hall–Kier alpha value is -0.800. The van der Waals surface area contributed by atoms with Crippen LogP contribution in [0.15, 0.2) is 34.9 Å². The van der Waals surface area contributed by atoms with Crippen molar-refractivity contribution in [2.24, 2.45) is 0 Å². The van der Waals surface area contributed by atoms with E-state index in [-0.39, 0.29) is 4.83 Å². The maximum Gasteiger partial charge on any atom is 0.193 e. The van der Waals surface area contributed by atoms with Gasteiger partial charge in [-0.2, -0.15) is 0 Å². The van der Waals surface area contributed by atoms with Gasteiger partial charge in [0.05, 0.1) is 4.83 Å². The van der Waals surface area contributed by atoms with Gasteiger partial charge in [-0.05, 0) is 42.3 Å². The van der Waals surface area contributed by atoms with Crippen LogP contribution in [0.5, 0.6) is 0 Å². The molecule has 0 saturated heterocycles. The Balaban J connectivity index is 2.07. The minimum Gasteiger partial charge on any atom is -0.449 e. The second kappa shape index (κ2) is 5.02. The molecule has 84 valence electrons. The van der Waals surface area contributed by atoms with E-state index in [1.54, 1.807) is 6.07 Å². The molecule has 16 heavy (non-hydrogen) atoms. The molecule has 2 heterocycles. The average Bonchev–Trinajstić information content (AvgIpc) is 2.68. The van der Waals surface area contributed by atoms with Crippen molar-refractivity contribution in [2.75, 3.05) is 0 Å². The number of aromatic nitrogens is 1. The average molecular weight is 301 g/mol. The number of aryl methyl sites for hydroxylation is 1. The molecule has 0 aliphatic heterocycles. The summed E-state index contributed by atoms with van der Waals surface area (Å²) in [7, 11) is 0. The largest absolute Gasteiger partial charge is 0.449 e. The first-order valence-corrected chi connectivity index (χ1v) is 6.25. The fourth-order valence-corrected chi connectivity index (χ4v) is 2.13. The van der Waals surface area contributed by atoms with Crippen molar-refractivity contribution in [3.63, 3.8) is 0 Å². The first kappa shape index (κ1) is 11.7. The van der Waals surface area contributed by atoms with Crippen LogP contribution in [0.4, 0.5) is 0 Å². The second-order valence-electron chi connectivity index (χ2n) is 3.64. The predicted octanol–water partition coefficient (Wildman–Crippen LogP) is 4.32. The van der Waals surface area contributed by atoms with Crippen LogP contribution in [0.2, 0.25) is 5.22 Å². The maximum absolute atomic E-state index is 5.73. The summed E-state index contributed by atoms with van der Waals surface area (Å²) in [6.07, 6.45) is 2.65. The summed E-state index contributed by atoms with van der Waals surface area (Å²) in [6.45, 7) is 2.02. The van der Waals surface area contributed by atoms with Crippen LogP contribution in [0.3, 0.4) is 0 Å². The quantitative estimate of drug-likeness (QED) is 0.789. The zero-order valence-corrected chi connectivity index (χ0v) is 11.1. The Morgan fingerprint density at radius 1 is 1.38 bits per heavy atom. The van der Waals surface area contributed by atoms with Crippen molar-refractivity contribution in [1.82, 2.24) is 4.98 Å². The molecule has 0 bridgehead atoms. The molecule has 0 saturated carbocycles. The number of rotatable bonds is 3. The zero-order chi connectivity index (χ0) is 11.5. The second-order valence-corrected chi connectivity index (χ2v) is 5.12. The van der Waals surface area contributed by atoms with Gasteiger partial charge < -0.3 is 4.42 Å². The van der Waals surface area contributed by atoms with Gasteiger partial charge in [-0.3, -0.25) is 4.98 Å². The number of alkyl halides is 1. The number of hydrogen-bond acceptors (Lipinski definition) is 2. The molecule has 0 spiro atoms. The predicted molar refractivity (Wildman–Crippen MR) is 68.1 cm³/mol. The van der Waals surface area contributed by atoms with E-state index in [1.165, 1.54) is 0 Å². The third kappa shape index (κ3) is 2.86. The molecule has 0 aliphatic carbocycles. The van der Waals surface area contributed by atoms with Crippen molar-refractivity contribution < 1.29 is 4.42 Å². The van der Waals surface area contributed by atoms with Crippen LogP contribution in [-0.4, -0.2) is 4.98 Å². The first-order valence-electron chi connectivity index (χ1n) is 4.96. The van der Waals surface area contributed by atoms with Gasteiger partial charge >= 0.3 is 0 Å². The van der Waals surface area contributed by atoms with Crippen LogP contribution in [0.1, 0.15) is 21.8 Å². The van der Waals surface area contributed by atoms with Crippen LogP contribution in [-0.2, 0) is 6.42 Å². The molecule has 1 atom stereocenters. The number of hydrogen-bond donors (Lipinski definition) is 0. The van der Waals surface area contributed by atoms with E-state index in [0.717, 1.165) is 23.4 Å². The lowest BCUT2D eigenvalue weighted by Gasteiger charge is -2.06. The lowest BCUT2D eigenvalue weighted by Crippen LogP contribution is -1.96. The minimum atomic E-state index is 0.107. The van der Waals surface area contributed by atoms with Crippen LogP contribution in [0, 0.1) is 6.92 Å². The van der Waals surface area contributed by atoms with Crippen molar-refractivity contribution in [1.29, 1.82) is 0 Å². The normalized spacial score (nSPS) is 12.7. The molecule has 2 nitrogen and oxygen atoms in total. The maximum atomic E-state index is 5.73. The van der Waals surface area contributed by atoms with E-state index in [4.69, 9.17) is 16.0 Å². The molecule has 0 N–H and O–H groups in total. The number of nitrogens with zero attached hydrogens (tertiary/aromatic N) is 1. The molecule has 0 fully saturated rings. The summed E-state index contributed by atoms with van der Waals surface area (Å²) in [5.74, 6) is 0.826. The highest BCUT2D eigenvalue weighted by Gasteiger charge is 2.13. The minimum absolute atomic E-state index is 0.107. The standard InChI is InChI=1S/C12H11BrClNO/c1-8-2-3-9(15-7-8)6-10(13)11-4-5-12(14)16-11/h2-5,7,10H,6H2,1H3. The van der Waals surface area contributed by atoms with E-state index in [2.05, 4.69) is 27.0 Å². The van der Waals surface area contributed by atoms with E-state index >= 15 is 0 Å². The first-order chi connectivity index (χ1) is 7.65. The van der Waals surface area contributed by atoms with E-state index < -0.39 is 0 Å². The molecule has 0 amide bonds. The molecule has 0 aromatic carbocycles. The molecule has 2 aromatic heterocycles. The summed E-state index contributed by atoms with van der Waals surface area (Å²) in [5.41, 5.74) is 2.19. The van der Waals surface area contributed by atoms with Gasteiger partial charge in [0, 0.05) is 18.3 Å². The smallest absolute Gasteiger partial charge is 0.193 e. The number of furan rings is 1. The van der Waals surface area contributed by atoms with Crippen molar-refractivity contribution in [3.8, 4) is 0 Å². The van der Waals surface area contributed by atoms with Gasteiger partial charge in [-0.15, -0.1) is 0 Å². The summed E-state index contributed by atoms with van der Waals surface area (Å²) >= 11 is 9.29. The summed E-state index contributed by atoms with van der Waals surface area (Å²) in [5, 5.41) is 0.413. The van der Waals surface area contributed by atoms with Gasteiger partial charge in [0.1, 0.15) is 5.76 Å². The fourth-order valence-electron chi connectivity index (χ4n) is 1.40. The lowest BCUT2D eigenvalue weighted by atomic mass is 10.2.